The Bertz CT molecular complexity index is 1510. The molecule has 204 valence electrons. The number of aromatic nitrogens is 5. The van der Waals surface area contributed by atoms with Gasteiger partial charge in [-0.15, -0.1) is 11.8 Å². The van der Waals surface area contributed by atoms with E-state index in [-0.39, 0.29) is 35.5 Å². The molecule has 2 unspecified atom stereocenters. The summed E-state index contributed by atoms with van der Waals surface area (Å²) in [6.45, 7) is 4.98. The molecule has 16 heteroatoms. The smallest absolute Gasteiger partial charge is 0.349 e. The lowest BCUT2D eigenvalue weighted by molar-refractivity contribution is -0.664. The monoisotopic (exact) mass is 571 g/mol. The number of nitrogens with one attached hydrogen (secondary N) is 1. The fourth-order valence-corrected chi connectivity index (χ4v) is 6.25. The number of thioether (sulfide) groups is 1. The average Bonchev–Trinajstić information content (AvgIpc) is 3.54. The first-order chi connectivity index (χ1) is 18.8. The summed E-state index contributed by atoms with van der Waals surface area (Å²) in [4.78, 5) is 53.0. The molecule has 0 radical (unpaired) electrons. The summed E-state index contributed by atoms with van der Waals surface area (Å²) in [6, 6.07) is 2.85. The van der Waals surface area contributed by atoms with Crippen LogP contribution in [0.1, 0.15) is 26.1 Å². The van der Waals surface area contributed by atoms with E-state index < -0.39 is 29.2 Å². The van der Waals surface area contributed by atoms with E-state index in [1.807, 2.05) is 27.5 Å². The number of carbonyl (C=O) groups excluding carboxylic acids is 3. The van der Waals surface area contributed by atoms with E-state index in [4.69, 9.17) is 10.6 Å². The number of hydrogen-bond acceptors (Lipinski definition) is 12. The first kappa shape index (κ1) is 26.6. The van der Waals surface area contributed by atoms with Crippen molar-refractivity contribution in [2.75, 3.05) is 18.1 Å². The molecule has 2 aliphatic rings. The van der Waals surface area contributed by atoms with Gasteiger partial charge in [0, 0.05) is 29.4 Å². The van der Waals surface area contributed by atoms with Crippen molar-refractivity contribution < 1.29 is 28.9 Å². The molecule has 2 atom stereocenters. The standard InChI is InChI=1S/C23H25N9O5S2/c1-3-7-31-11-25-18-13(31)6-5-8-30(18)9-12-10-38-21-15(20(34)32(21)16(12)22(35)36)26-19(33)14(28-37-4-2)17-27-23(24)39-29-17/h5-6,8,11,15,21H,3-4,7,9-10H2,1-2H3,(H3-,24,26,27,29,33,35,36)/b28-14-. The lowest BCUT2D eigenvalue weighted by atomic mass is 10.0. The van der Waals surface area contributed by atoms with Crippen molar-refractivity contribution in [3.8, 4) is 0 Å². The number of anilines is 1. The number of pyridine rings is 1. The van der Waals surface area contributed by atoms with Gasteiger partial charge in [-0.2, -0.15) is 9.36 Å². The fourth-order valence-electron chi connectivity index (χ4n) is 4.48. The van der Waals surface area contributed by atoms with Crippen LogP contribution in [0.4, 0.5) is 5.13 Å². The third-order valence-electron chi connectivity index (χ3n) is 6.16. The number of aryl methyl sites for hydroxylation is 1. The van der Waals surface area contributed by atoms with E-state index in [1.165, 1.54) is 16.7 Å². The summed E-state index contributed by atoms with van der Waals surface area (Å²) in [7, 11) is 0. The molecule has 3 aromatic rings. The van der Waals surface area contributed by atoms with Crippen LogP contribution in [0.25, 0.3) is 11.2 Å². The summed E-state index contributed by atoms with van der Waals surface area (Å²) in [5.41, 5.74) is 7.35. The third kappa shape index (κ3) is 4.92. The van der Waals surface area contributed by atoms with Gasteiger partial charge in [-0.05, 0) is 30.5 Å². The van der Waals surface area contributed by atoms with E-state index in [0.717, 1.165) is 30.0 Å². The number of nitrogen functional groups attached to an aromatic ring is 1. The summed E-state index contributed by atoms with van der Waals surface area (Å²) in [5, 5.41) is 18.1. The van der Waals surface area contributed by atoms with Crippen molar-refractivity contribution >= 4 is 63.1 Å². The second-order valence-electron chi connectivity index (χ2n) is 8.70. The minimum absolute atomic E-state index is 0.0337. The molecule has 2 amide bonds. The van der Waals surface area contributed by atoms with Gasteiger partial charge in [0.1, 0.15) is 30.1 Å². The number of rotatable bonds is 10. The molecule has 0 spiro atoms. The molecule has 0 bridgehead atoms. The predicted molar refractivity (Wildman–Crippen MR) is 140 cm³/mol. The first-order valence-corrected chi connectivity index (χ1v) is 14.0. The average molecular weight is 572 g/mol. The number of nitrogens with zero attached hydrogens (tertiary/aromatic N) is 7. The van der Waals surface area contributed by atoms with Gasteiger partial charge in [-0.25, -0.2) is 4.57 Å². The molecular weight excluding hydrogens is 546 g/mol. The number of nitrogens with two attached hydrogens (primary N) is 1. The molecule has 1 saturated heterocycles. The molecule has 5 heterocycles. The van der Waals surface area contributed by atoms with Gasteiger partial charge < -0.3 is 30.4 Å². The van der Waals surface area contributed by atoms with Crippen molar-refractivity contribution in [1.29, 1.82) is 0 Å². The van der Waals surface area contributed by atoms with Crippen molar-refractivity contribution in [3.05, 3.63) is 41.8 Å². The maximum Gasteiger partial charge on any atom is 0.349 e. The number of β-lactam (4-membered cyclic amide) rings is 1. The molecule has 5 rings (SSSR count). The van der Waals surface area contributed by atoms with Crippen LogP contribution in [-0.4, -0.2) is 71.1 Å². The number of hydrogen-bond donors (Lipinski definition) is 2. The Hall–Kier alpha value is -4.05. The van der Waals surface area contributed by atoms with Gasteiger partial charge in [0.25, 0.3) is 11.8 Å². The molecule has 2 aliphatic heterocycles. The van der Waals surface area contributed by atoms with Gasteiger partial charge in [0.05, 0.1) is 17.9 Å². The van der Waals surface area contributed by atoms with E-state index >= 15 is 0 Å². The lowest BCUT2D eigenvalue weighted by Crippen LogP contribution is -2.71. The van der Waals surface area contributed by atoms with Crippen LogP contribution in [0.15, 0.2) is 41.1 Å². The van der Waals surface area contributed by atoms with Crippen molar-refractivity contribution in [1.82, 2.24) is 29.1 Å². The second-order valence-corrected chi connectivity index (χ2v) is 10.6. The largest absolute Gasteiger partial charge is 0.543 e. The van der Waals surface area contributed by atoms with Crippen LogP contribution in [0, 0.1) is 0 Å². The molecule has 3 N–H and O–H groups in total. The van der Waals surface area contributed by atoms with Gasteiger partial charge in [-0.3, -0.25) is 14.5 Å². The Balaban J connectivity index is 1.37. The van der Waals surface area contributed by atoms with Gasteiger partial charge in [0.2, 0.25) is 17.9 Å². The predicted octanol–water partition coefficient (Wildman–Crippen LogP) is -0.988. The van der Waals surface area contributed by atoms with Crippen LogP contribution in [0.5, 0.6) is 0 Å². The van der Waals surface area contributed by atoms with Gasteiger partial charge >= 0.3 is 5.65 Å². The van der Waals surface area contributed by atoms with Crippen molar-refractivity contribution in [3.63, 3.8) is 0 Å². The highest BCUT2D eigenvalue weighted by molar-refractivity contribution is 8.00. The van der Waals surface area contributed by atoms with Gasteiger partial charge in [0.15, 0.2) is 5.13 Å². The second kappa shape index (κ2) is 11.0. The number of oxime groups is 1. The van der Waals surface area contributed by atoms with E-state index in [2.05, 4.69) is 31.7 Å². The Kier molecular flexibility index (Phi) is 7.47. The first-order valence-electron chi connectivity index (χ1n) is 12.2. The maximum absolute atomic E-state index is 13.1. The zero-order valence-corrected chi connectivity index (χ0v) is 22.7. The zero-order chi connectivity index (χ0) is 27.7. The fraction of sp³-hybridized carbons (Fsp3) is 0.391. The lowest BCUT2D eigenvalue weighted by Gasteiger charge is -2.50. The number of amides is 2. The normalized spacial score (nSPS) is 19.2. The highest BCUT2D eigenvalue weighted by Gasteiger charge is 2.53. The number of aliphatic carboxylic acids is 1. The number of imidazole rings is 1. The van der Waals surface area contributed by atoms with Crippen LogP contribution in [0.3, 0.4) is 0 Å². The van der Waals surface area contributed by atoms with Crippen molar-refractivity contribution in [2.45, 2.75) is 44.8 Å². The molecule has 3 aromatic heterocycles. The summed E-state index contributed by atoms with van der Waals surface area (Å²) in [5.74, 6) is -2.50. The molecule has 0 saturated carbocycles. The third-order valence-corrected chi connectivity index (χ3v) is 8.04. The Labute approximate surface area is 230 Å². The number of carbonyl (C=O) groups is 3. The minimum Gasteiger partial charge on any atom is -0.543 e. The van der Waals surface area contributed by atoms with Crippen LogP contribution in [0.2, 0.25) is 0 Å². The molecule has 0 aromatic carbocycles. The topological polar surface area (TPSA) is 185 Å². The van der Waals surface area contributed by atoms with Crippen LogP contribution >= 0.6 is 23.3 Å². The summed E-state index contributed by atoms with van der Waals surface area (Å²) in [6.07, 6.45) is 4.53. The molecule has 1 fully saturated rings. The molecule has 0 aliphatic carbocycles. The minimum atomic E-state index is -1.46. The van der Waals surface area contributed by atoms with Gasteiger partial charge in [-0.1, -0.05) is 12.1 Å². The number of fused-ring (bicyclic) bond motifs is 2. The Morgan fingerprint density at radius 3 is 2.90 bits per heavy atom. The quantitative estimate of drug-likeness (QED) is 0.133. The molecule has 39 heavy (non-hydrogen) atoms. The maximum atomic E-state index is 13.1. The number of carboxylic acids is 1. The highest BCUT2D eigenvalue weighted by Crippen LogP contribution is 2.40. The van der Waals surface area contributed by atoms with Crippen molar-refractivity contribution in [2.24, 2.45) is 5.16 Å². The number of carboxylic acid groups (broad SMARTS) is 1. The molecule has 14 nitrogen and oxygen atoms in total. The van der Waals surface area contributed by atoms with E-state index in [0.29, 0.717) is 17.0 Å². The van der Waals surface area contributed by atoms with Crippen LogP contribution < -0.4 is 20.7 Å². The summed E-state index contributed by atoms with van der Waals surface area (Å²) >= 11 is 2.23. The zero-order valence-electron chi connectivity index (χ0n) is 21.1. The van der Waals surface area contributed by atoms with Crippen LogP contribution in [-0.2, 0) is 32.3 Å². The molecular formula is C23H25N9O5S2. The van der Waals surface area contributed by atoms with E-state index in [1.54, 1.807) is 13.3 Å². The highest BCUT2D eigenvalue weighted by atomic mass is 32.2. The summed E-state index contributed by atoms with van der Waals surface area (Å²) < 4.78 is 7.88. The SMILES string of the molecule is CCCn1cnc2c1ccc[n+]2CC1=C(C(=O)[O-])N2C(=O)C(NC(=O)/C(=N\OCC)c3nsc(N)n3)C2SC1. The Morgan fingerprint density at radius 1 is 1.38 bits per heavy atom. The van der Waals surface area contributed by atoms with E-state index in [9.17, 15) is 19.5 Å². The Morgan fingerprint density at radius 2 is 2.21 bits per heavy atom.